The van der Waals surface area contributed by atoms with E-state index in [2.05, 4.69) is 5.32 Å². The molecule has 3 aromatic rings. The van der Waals surface area contributed by atoms with Crippen molar-refractivity contribution in [2.75, 3.05) is 30.4 Å². The molecule has 1 N–H and O–H groups in total. The minimum absolute atomic E-state index is 0.00767. The number of benzene rings is 2. The van der Waals surface area contributed by atoms with Gasteiger partial charge in [0.1, 0.15) is 17.3 Å². The molecule has 2 aromatic carbocycles. The van der Waals surface area contributed by atoms with E-state index in [0.717, 1.165) is 39.6 Å². The van der Waals surface area contributed by atoms with Crippen LogP contribution in [0.1, 0.15) is 32.8 Å². The number of fused-ring (bicyclic) bond motifs is 1. The van der Waals surface area contributed by atoms with E-state index in [1.807, 2.05) is 6.92 Å². The lowest BCUT2D eigenvalue weighted by Crippen LogP contribution is -2.38. The second-order valence-corrected chi connectivity index (χ2v) is 11.6. The zero-order valence-electron chi connectivity index (χ0n) is 20.0. The van der Waals surface area contributed by atoms with Crippen molar-refractivity contribution >= 4 is 55.5 Å². The van der Waals surface area contributed by atoms with Crippen LogP contribution in [0.4, 0.5) is 10.7 Å². The Morgan fingerprint density at radius 3 is 2.50 bits per heavy atom. The van der Waals surface area contributed by atoms with Gasteiger partial charge in [0, 0.05) is 9.90 Å². The molecule has 0 spiro atoms. The van der Waals surface area contributed by atoms with Gasteiger partial charge in [-0.25, -0.2) is 13.2 Å². The minimum Gasteiger partial charge on any atom is -0.495 e. The van der Waals surface area contributed by atoms with Crippen molar-refractivity contribution in [1.29, 1.82) is 0 Å². The highest BCUT2D eigenvalue weighted by atomic mass is 35.5. The molecule has 190 valence electrons. The Balaban J connectivity index is 1.73. The Hall–Kier alpha value is -3.08. The number of rotatable bonds is 8. The van der Waals surface area contributed by atoms with Crippen LogP contribution in [0.3, 0.4) is 0 Å². The molecule has 0 atom stereocenters. The number of carbonyl (C=O) groups is 2. The number of halogens is 1. The molecule has 11 heteroatoms. The van der Waals surface area contributed by atoms with E-state index in [0.29, 0.717) is 10.6 Å². The Labute approximate surface area is 218 Å². The number of aryl methyl sites for hydroxylation is 2. The fraction of sp³-hybridized carbons (Fsp3) is 0.280. The number of amides is 1. The molecule has 0 radical (unpaired) electrons. The molecule has 0 saturated carbocycles. The molecular formula is C25H25ClN2O6S2. The van der Waals surface area contributed by atoms with E-state index < -0.39 is 28.4 Å². The van der Waals surface area contributed by atoms with Crippen molar-refractivity contribution < 1.29 is 27.5 Å². The lowest BCUT2D eigenvalue weighted by atomic mass is 10.1. The summed E-state index contributed by atoms with van der Waals surface area (Å²) < 4.78 is 38.7. The summed E-state index contributed by atoms with van der Waals surface area (Å²) in [7, 11) is -1.50. The predicted octanol–water partition coefficient (Wildman–Crippen LogP) is 4.83. The van der Waals surface area contributed by atoms with Crippen molar-refractivity contribution in [3.05, 3.63) is 69.1 Å². The van der Waals surface area contributed by atoms with Crippen molar-refractivity contribution in [3.8, 4) is 5.75 Å². The fourth-order valence-corrected chi connectivity index (χ4v) is 6.99. The van der Waals surface area contributed by atoms with Gasteiger partial charge in [-0.2, -0.15) is 0 Å². The van der Waals surface area contributed by atoms with Gasteiger partial charge >= 0.3 is 5.97 Å². The second-order valence-electron chi connectivity index (χ2n) is 8.24. The summed E-state index contributed by atoms with van der Waals surface area (Å²) in [4.78, 5) is 26.8. The van der Waals surface area contributed by atoms with E-state index in [1.165, 1.54) is 49.8 Å². The first-order valence-electron chi connectivity index (χ1n) is 11.1. The van der Waals surface area contributed by atoms with Crippen LogP contribution >= 0.6 is 22.9 Å². The smallest absolute Gasteiger partial charge is 0.341 e. The van der Waals surface area contributed by atoms with Gasteiger partial charge in [0.2, 0.25) is 5.91 Å². The Morgan fingerprint density at radius 2 is 1.83 bits per heavy atom. The van der Waals surface area contributed by atoms with Crippen molar-refractivity contribution in [2.45, 2.75) is 31.1 Å². The predicted molar refractivity (Wildman–Crippen MR) is 140 cm³/mol. The van der Waals surface area contributed by atoms with Gasteiger partial charge in [0.15, 0.2) is 0 Å². The number of anilines is 2. The van der Waals surface area contributed by atoms with Crippen LogP contribution in [0.25, 0.3) is 0 Å². The molecule has 0 bridgehead atoms. The van der Waals surface area contributed by atoms with E-state index >= 15 is 0 Å². The van der Waals surface area contributed by atoms with E-state index in [-0.39, 0.29) is 21.4 Å². The van der Waals surface area contributed by atoms with E-state index in [1.54, 1.807) is 18.2 Å². The van der Waals surface area contributed by atoms with Gasteiger partial charge in [-0.3, -0.25) is 9.10 Å². The molecular weight excluding hydrogens is 524 g/mol. The normalized spacial score (nSPS) is 12.7. The highest BCUT2D eigenvalue weighted by Crippen LogP contribution is 2.40. The maximum Gasteiger partial charge on any atom is 0.341 e. The summed E-state index contributed by atoms with van der Waals surface area (Å²) in [5, 5.41) is 3.36. The molecule has 0 unspecified atom stereocenters. The molecule has 1 aromatic heterocycles. The van der Waals surface area contributed by atoms with Crippen LogP contribution in [0.5, 0.6) is 5.75 Å². The number of nitrogens with zero attached hydrogens (tertiary/aromatic N) is 1. The van der Waals surface area contributed by atoms with Crippen LogP contribution in [0, 0.1) is 6.92 Å². The second kappa shape index (κ2) is 10.5. The number of nitrogens with one attached hydrogen (secondary N) is 1. The summed E-state index contributed by atoms with van der Waals surface area (Å²) in [6.45, 7) is 1.27. The summed E-state index contributed by atoms with van der Waals surface area (Å²) in [5.74, 6) is -0.934. The zero-order chi connectivity index (χ0) is 26.0. The maximum atomic E-state index is 13.7. The van der Waals surface area contributed by atoms with E-state index in [4.69, 9.17) is 21.1 Å². The average molecular weight is 549 g/mol. The number of sulfonamides is 1. The number of hydrogen-bond acceptors (Lipinski definition) is 7. The average Bonchev–Trinajstić information content (AvgIpc) is 3.43. The van der Waals surface area contributed by atoms with Crippen molar-refractivity contribution in [2.24, 2.45) is 0 Å². The first kappa shape index (κ1) is 26.0. The molecule has 1 heterocycles. The van der Waals surface area contributed by atoms with Crippen LogP contribution in [0.2, 0.25) is 5.02 Å². The zero-order valence-corrected chi connectivity index (χ0v) is 22.3. The third-order valence-electron chi connectivity index (χ3n) is 5.87. The van der Waals surface area contributed by atoms with Gasteiger partial charge in [-0.05, 0) is 62.1 Å². The van der Waals surface area contributed by atoms with Crippen LogP contribution in [0.15, 0.2) is 47.4 Å². The Kier molecular flexibility index (Phi) is 7.58. The first-order chi connectivity index (χ1) is 17.1. The van der Waals surface area contributed by atoms with Crippen LogP contribution < -0.4 is 14.4 Å². The lowest BCUT2D eigenvalue weighted by molar-refractivity contribution is -0.114. The molecule has 0 aliphatic heterocycles. The van der Waals surface area contributed by atoms with Gasteiger partial charge in [-0.15, -0.1) is 11.3 Å². The number of hydrogen-bond donors (Lipinski definition) is 1. The van der Waals surface area contributed by atoms with Crippen molar-refractivity contribution in [1.82, 2.24) is 0 Å². The summed E-state index contributed by atoms with van der Waals surface area (Å²) in [6.07, 6.45) is 2.46. The standard InChI is InChI=1S/C25H25ClN2O6S2/c1-15-7-10-17(11-8-15)36(31,32)28(19-13-16(26)9-12-20(19)33-2)14-22(29)27-24-23(25(30)34-3)18-5-4-6-21(18)35-24/h7-13H,4-6,14H2,1-3H3,(H,27,29). The molecule has 36 heavy (non-hydrogen) atoms. The summed E-state index contributed by atoms with van der Waals surface area (Å²) in [6, 6.07) is 10.8. The molecule has 8 nitrogen and oxygen atoms in total. The van der Waals surface area contributed by atoms with Gasteiger partial charge in [0.25, 0.3) is 10.0 Å². The molecule has 4 rings (SSSR count). The quantitative estimate of drug-likeness (QED) is 0.405. The third kappa shape index (κ3) is 5.07. The monoisotopic (exact) mass is 548 g/mol. The maximum absolute atomic E-state index is 13.7. The number of thiophene rings is 1. The largest absolute Gasteiger partial charge is 0.495 e. The number of ether oxygens (including phenoxy) is 2. The van der Waals surface area contributed by atoms with Crippen LogP contribution in [-0.4, -0.2) is 41.1 Å². The Bertz CT molecular complexity index is 1420. The molecule has 0 fully saturated rings. The number of carbonyl (C=O) groups excluding carboxylic acids is 2. The topological polar surface area (TPSA) is 102 Å². The summed E-state index contributed by atoms with van der Waals surface area (Å²) in [5.41, 5.74) is 2.21. The SMILES string of the molecule is COC(=O)c1c(NC(=O)CN(c2cc(Cl)ccc2OC)S(=O)(=O)c2ccc(C)cc2)sc2c1CCC2. The number of methoxy groups -OCH3 is 2. The lowest BCUT2D eigenvalue weighted by Gasteiger charge is -2.26. The first-order valence-corrected chi connectivity index (χ1v) is 13.7. The van der Waals surface area contributed by atoms with Gasteiger partial charge < -0.3 is 14.8 Å². The van der Waals surface area contributed by atoms with Gasteiger partial charge in [0.05, 0.1) is 30.4 Å². The van der Waals surface area contributed by atoms with E-state index in [9.17, 15) is 18.0 Å². The molecule has 0 saturated heterocycles. The molecule has 1 amide bonds. The highest BCUT2D eigenvalue weighted by Gasteiger charge is 2.32. The van der Waals surface area contributed by atoms with Crippen LogP contribution in [-0.2, 0) is 32.4 Å². The third-order valence-corrected chi connectivity index (χ3v) is 9.09. The van der Waals surface area contributed by atoms with Gasteiger partial charge in [-0.1, -0.05) is 29.3 Å². The Morgan fingerprint density at radius 1 is 1.11 bits per heavy atom. The minimum atomic E-state index is -4.19. The van der Waals surface area contributed by atoms with Crippen molar-refractivity contribution in [3.63, 3.8) is 0 Å². The summed E-state index contributed by atoms with van der Waals surface area (Å²) >= 11 is 7.50. The fourth-order valence-electron chi connectivity index (χ4n) is 4.10. The molecule has 1 aliphatic carbocycles. The number of esters is 1. The molecule has 1 aliphatic rings. The highest BCUT2D eigenvalue weighted by molar-refractivity contribution is 7.92.